The molecule has 0 amide bonds. The number of nitrogens with zero attached hydrogens (tertiary/aromatic N) is 3. The van der Waals surface area contributed by atoms with Crippen molar-refractivity contribution in [2.75, 3.05) is 13.7 Å². The number of aromatic nitrogens is 2. The molecule has 1 aromatic heterocycles. The van der Waals surface area contributed by atoms with Gasteiger partial charge in [-0.1, -0.05) is 41.0 Å². The third kappa shape index (κ3) is 4.42. The molecule has 2 aromatic carbocycles. The minimum Gasteiger partial charge on any atom is -0.496 e. The molecule has 1 N–H and O–H groups in total. The van der Waals surface area contributed by atoms with Crippen LogP contribution in [0.5, 0.6) is 5.75 Å². The zero-order valence-corrected chi connectivity index (χ0v) is 16.6. The van der Waals surface area contributed by atoms with Gasteiger partial charge in [0.25, 0.3) is 0 Å². The Morgan fingerprint density at radius 3 is 2.90 bits per heavy atom. The van der Waals surface area contributed by atoms with E-state index >= 15 is 0 Å². The van der Waals surface area contributed by atoms with Crippen molar-refractivity contribution in [1.29, 1.82) is 0 Å². The highest BCUT2D eigenvalue weighted by Gasteiger charge is 2.36. The summed E-state index contributed by atoms with van der Waals surface area (Å²) >= 11 is 6.10. The number of ether oxygens (including phenoxy) is 1. The van der Waals surface area contributed by atoms with Gasteiger partial charge >= 0.3 is 0 Å². The number of hydrogen-bond donors (Lipinski definition) is 1. The van der Waals surface area contributed by atoms with E-state index in [0.717, 1.165) is 16.9 Å². The first kappa shape index (κ1) is 19.8. The molecule has 2 heterocycles. The zero-order valence-electron chi connectivity index (χ0n) is 15.9. The van der Waals surface area contributed by atoms with Crippen LogP contribution < -0.4 is 4.74 Å². The third-order valence-corrected chi connectivity index (χ3v) is 5.43. The monoisotopic (exact) mass is 417 g/mol. The molecule has 6 nitrogen and oxygen atoms in total. The van der Waals surface area contributed by atoms with Gasteiger partial charge in [0, 0.05) is 30.1 Å². The second-order valence-corrected chi connectivity index (χ2v) is 7.52. The van der Waals surface area contributed by atoms with E-state index in [9.17, 15) is 9.50 Å². The quantitative estimate of drug-likeness (QED) is 0.658. The van der Waals surface area contributed by atoms with Gasteiger partial charge < -0.3 is 14.4 Å². The molecule has 29 heavy (non-hydrogen) atoms. The molecular weight excluding hydrogens is 397 g/mol. The highest BCUT2D eigenvalue weighted by molar-refractivity contribution is 6.31. The lowest BCUT2D eigenvalue weighted by Crippen LogP contribution is -2.24. The van der Waals surface area contributed by atoms with E-state index in [2.05, 4.69) is 15.0 Å². The van der Waals surface area contributed by atoms with E-state index in [0.29, 0.717) is 42.7 Å². The summed E-state index contributed by atoms with van der Waals surface area (Å²) in [6, 6.07) is 11.8. The summed E-state index contributed by atoms with van der Waals surface area (Å²) in [5.41, 5.74) is 1.74. The Morgan fingerprint density at radius 1 is 1.28 bits per heavy atom. The standard InChI is InChI=1S/C21H21ClFN3O3/c1-28-19-5-3-2-4-14(19)11-26-12-16(27)10-18(26)21-24-20(25-29-21)8-13-6-7-15(23)9-17(13)22/h2-7,9,16,18,27H,8,10-12H2,1H3. The molecule has 8 heteroatoms. The van der Waals surface area contributed by atoms with Crippen LogP contribution in [-0.4, -0.2) is 39.9 Å². The number of aliphatic hydroxyl groups is 1. The van der Waals surface area contributed by atoms with Crippen LogP contribution in [0.2, 0.25) is 5.02 Å². The lowest BCUT2D eigenvalue weighted by molar-refractivity contribution is 0.168. The number of rotatable bonds is 6. The van der Waals surface area contributed by atoms with Crippen LogP contribution in [-0.2, 0) is 13.0 Å². The second kappa shape index (κ2) is 8.49. The molecule has 1 saturated heterocycles. The Labute approximate surface area is 172 Å². The van der Waals surface area contributed by atoms with Gasteiger partial charge in [0.2, 0.25) is 5.89 Å². The number of benzene rings is 2. The molecule has 0 bridgehead atoms. The number of aliphatic hydroxyl groups excluding tert-OH is 1. The van der Waals surface area contributed by atoms with Gasteiger partial charge in [-0.3, -0.25) is 4.90 Å². The second-order valence-electron chi connectivity index (χ2n) is 7.11. The molecule has 4 rings (SSSR count). The van der Waals surface area contributed by atoms with Crippen molar-refractivity contribution in [2.45, 2.75) is 31.5 Å². The van der Waals surface area contributed by atoms with E-state index in [1.54, 1.807) is 13.2 Å². The summed E-state index contributed by atoms with van der Waals surface area (Å²) in [7, 11) is 1.64. The molecule has 1 aliphatic rings. The molecule has 1 fully saturated rings. The van der Waals surface area contributed by atoms with E-state index in [-0.39, 0.29) is 11.9 Å². The summed E-state index contributed by atoms with van der Waals surface area (Å²) in [6.07, 6.45) is 0.370. The maximum atomic E-state index is 13.2. The fraction of sp³-hybridized carbons (Fsp3) is 0.333. The third-order valence-electron chi connectivity index (χ3n) is 5.08. The van der Waals surface area contributed by atoms with Crippen molar-refractivity contribution in [3.63, 3.8) is 0 Å². The molecule has 2 unspecified atom stereocenters. The van der Waals surface area contributed by atoms with Gasteiger partial charge in [-0.25, -0.2) is 4.39 Å². The Hall–Kier alpha value is -2.48. The number of hydrogen-bond acceptors (Lipinski definition) is 6. The largest absolute Gasteiger partial charge is 0.496 e. The number of methoxy groups -OCH3 is 1. The van der Waals surface area contributed by atoms with E-state index in [1.807, 2.05) is 24.3 Å². The van der Waals surface area contributed by atoms with Gasteiger partial charge in [0.05, 0.1) is 19.3 Å². The maximum Gasteiger partial charge on any atom is 0.244 e. The molecule has 152 valence electrons. The van der Waals surface area contributed by atoms with Crippen molar-refractivity contribution < 1.29 is 18.8 Å². The van der Waals surface area contributed by atoms with Gasteiger partial charge in [-0.05, 0) is 30.2 Å². The van der Waals surface area contributed by atoms with E-state index in [1.165, 1.54) is 12.1 Å². The molecule has 2 atom stereocenters. The summed E-state index contributed by atoms with van der Waals surface area (Å²) in [5, 5.41) is 14.6. The maximum absolute atomic E-state index is 13.2. The van der Waals surface area contributed by atoms with E-state index in [4.69, 9.17) is 20.9 Å². The van der Waals surface area contributed by atoms with Gasteiger partial charge in [-0.2, -0.15) is 4.98 Å². The summed E-state index contributed by atoms with van der Waals surface area (Å²) < 4.78 is 24.2. The van der Waals surface area contributed by atoms with E-state index < -0.39 is 6.10 Å². The van der Waals surface area contributed by atoms with Crippen molar-refractivity contribution in [1.82, 2.24) is 15.0 Å². The lowest BCUT2D eigenvalue weighted by atomic mass is 10.1. The fourth-order valence-corrected chi connectivity index (χ4v) is 3.91. The predicted molar refractivity (Wildman–Crippen MR) is 105 cm³/mol. The smallest absolute Gasteiger partial charge is 0.244 e. The highest BCUT2D eigenvalue weighted by Crippen LogP contribution is 2.34. The van der Waals surface area contributed by atoms with Crippen molar-refractivity contribution >= 4 is 11.6 Å². The molecule has 0 spiro atoms. The first-order chi connectivity index (χ1) is 14.0. The van der Waals surface area contributed by atoms with Crippen molar-refractivity contribution in [2.24, 2.45) is 0 Å². The van der Waals surface area contributed by atoms with Crippen molar-refractivity contribution in [3.8, 4) is 5.75 Å². The average Bonchev–Trinajstić information content (AvgIpc) is 3.30. The minimum absolute atomic E-state index is 0.195. The highest BCUT2D eigenvalue weighted by atomic mass is 35.5. The molecule has 0 radical (unpaired) electrons. The van der Waals surface area contributed by atoms with Crippen LogP contribution >= 0.6 is 11.6 Å². The first-order valence-electron chi connectivity index (χ1n) is 9.34. The normalized spacial score (nSPS) is 19.6. The van der Waals surface area contributed by atoms with Crippen LogP contribution in [0.15, 0.2) is 47.0 Å². The zero-order chi connectivity index (χ0) is 20.4. The number of likely N-dealkylation sites (tertiary alicyclic amines) is 1. The molecule has 3 aromatic rings. The van der Waals surface area contributed by atoms with Crippen LogP contribution in [0.1, 0.15) is 35.3 Å². The number of halogens is 2. The lowest BCUT2D eigenvalue weighted by Gasteiger charge is -2.22. The van der Waals surface area contributed by atoms with Crippen LogP contribution in [0.3, 0.4) is 0 Å². The van der Waals surface area contributed by atoms with Crippen molar-refractivity contribution in [3.05, 3.63) is 76.1 Å². The number of β-amino-alcohol motifs (C(OH)–C–C–N with tert-alkyl or cyclic N) is 1. The fourth-order valence-electron chi connectivity index (χ4n) is 3.67. The Kier molecular flexibility index (Phi) is 5.80. The molecule has 0 aliphatic carbocycles. The Bertz CT molecular complexity index is 997. The van der Waals surface area contributed by atoms with Crippen LogP contribution in [0.4, 0.5) is 4.39 Å². The SMILES string of the molecule is COc1ccccc1CN1CC(O)CC1c1nc(Cc2ccc(F)cc2Cl)no1. The Balaban J connectivity index is 1.52. The first-order valence-corrected chi connectivity index (χ1v) is 9.71. The van der Waals surface area contributed by atoms with Crippen LogP contribution in [0.25, 0.3) is 0 Å². The Morgan fingerprint density at radius 2 is 2.10 bits per heavy atom. The van der Waals surface area contributed by atoms with Crippen LogP contribution in [0, 0.1) is 5.82 Å². The average molecular weight is 418 g/mol. The van der Waals surface area contributed by atoms with Gasteiger partial charge in [-0.15, -0.1) is 0 Å². The topological polar surface area (TPSA) is 71.6 Å². The predicted octanol–water partition coefficient (Wildman–Crippen LogP) is 3.77. The summed E-state index contributed by atoms with van der Waals surface area (Å²) in [6.45, 7) is 1.09. The molecular formula is C21H21ClFN3O3. The number of para-hydroxylation sites is 1. The summed E-state index contributed by atoms with van der Waals surface area (Å²) in [5.74, 6) is 1.32. The summed E-state index contributed by atoms with van der Waals surface area (Å²) in [4.78, 5) is 6.61. The molecule has 0 saturated carbocycles. The van der Waals surface area contributed by atoms with Gasteiger partial charge in [0.1, 0.15) is 11.6 Å². The minimum atomic E-state index is -0.475. The van der Waals surface area contributed by atoms with Gasteiger partial charge in [0.15, 0.2) is 5.82 Å². The molecule has 1 aliphatic heterocycles.